The maximum absolute atomic E-state index is 10.6. The average molecular weight is 300 g/mol. The number of ether oxygens (including phenoxy) is 2. The molecule has 0 rings (SSSR count). The Bertz CT molecular complexity index is 321. The van der Waals surface area contributed by atoms with Crippen molar-refractivity contribution in [3.8, 4) is 0 Å². The van der Waals surface area contributed by atoms with Gasteiger partial charge in [0.15, 0.2) is 5.76 Å². The summed E-state index contributed by atoms with van der Waals surface area (Å²) in [5.74, 6) is -0.848. The number of hydrogen-bond donors (Lipinski definition) is 1. The zero-order chi connectivity index (χ0) is 16.7. The van der Waals surface area contributed by atoms with Crippen LogP contribution in [-0.4, -0.2) is 30.3 Å². The summed E-state index contributed by atoms with van der Waals surface area (Å²) in [7, 11) is 0. The van der Waals surface area contributed by atoms with Gasteiger partial charge in [0, 0.05) is 6.08 Å². The Hall–Kier alpha value is -1.78. The number of aliphatic hydroxyl groups is 1. The Morgan fingerprint density at radius 3 is 2.19 bits per heavy atom. The van der Waals surface area contributed by atoms with Crippen molar-refractivity contribution in [2.45, 2.75) is 46.5 Å². The predicted molar refractivity (Wildman–Crippen MR) is 82.9 cm³/mol. The van der Waals surface area contributed by atoms with Gasteiger partial charge in [0.25, 0.3) is 0 Å². The molecule has 0 saturated carbocycles. The molecule has 0 aliphatic heterocycles. The number of rotatable bonds is 9. The molecular weight excluding hydrogens is 272 g/mol. The zero-order valence-electron chi connectivity index (χ0n) is 13.4. The highest BCUT2D eigenvalue weighted by molar-refractivity contribution is 5.84. The van der Waals surface area contributed by atoms with Crippen molar-refractivity contribution in [3.63, 3.8) is 0 Å². The molecule has 5 nitrogen and oxygen atoms in total. The lowest BCUT2D eigenvalue weighted by Crippen LogP contribution is -2.05. The van der Waals surface area contributed by atoms with E-state index in [1.165, 1.54) is 18.9 Å². The molecule has 0 radical (unpaired) electrons. The minimum absolute atomic E-state index is 0.262. The highest BCUT2D eigenvalue weighted by Crippen LogP contribution is 2.07. The summed E-state index contributed by atoms with van der Waals surface area (Å²) in [4.78, 5) is 20.8. The van der Waals surface area contributed by atoms with Gasteiger partial charge in [0.2, 0.25) is 0 Å². The van der Waals surface area contributed by atoms with Crippen LogP contribution in [0.4, 0.5) is 0 Å². The molecule has 0 atom stereocenters. The van der Waals surface area contributed by atoms with Gasteiger partial charge in [0.05, 0.1) is 13.2 Å². The van der Waals surface area contributed by atoms with E-state index in [0.29, 0.717) is 6.61 Å². The third kappa shape index (κ3) is 18.2. The topological polar surface area (TPSA) is 72.8 Å². The van der Waals surface area contributed by atoms with Crippen LogP contribution in [0.5, 0.6) is 0 Å². The molecular formula is C16H28O5. The SMILES string of the molecule is C=C(O)C(=O)OCC.C=CC(=O)OCCCCCC(C)C. The first-order valence-corrected chi connectivity index (χ1v) is 7.19. The first kappa shape index (κ1) is 21.5. The van der Waals surface area contributed by atoms with Crippen LogP contribution in [0.2, 0.25) is 0 Å². The van der Waals surface area contributed by atoms with Crippen molar-refractivity contribution in [3.05, 3.63) is 25.0 Å². The summed E-state index contributed by atoms with van der Waals surface area (Å²) in [6, 6.07) is 0. The van der Waals surface area contributed by atoms with Crippen molar-refractivity contribution in [1.29, 1.82) is 0 Å². The van der Waals surface area contributed by atoms with Gasteiger partial charge in [-0.3, -0.25) is 0 Å². The van der Waals surface area contributed by atoms with E-state index in [-0.39, 0.29) is 12.6 Å². The maximum Gasteiger partial charge on any atom is 0.372 e. The highest BCUT2D eigenvalue weighted by Gasteiger charge is 2.01. The predicted octanol–water partition coefficient (Wildman–Crippen LogP) is 3.55. The standard InChI is InChI=1S/C11H20O2.C5H8O3/c1-4-11(12)13-9-7-5-6-8-10(2)3;1-3-8-5(7)4(2)6/h4,10H,1,5-9H2,2-3H3;6H,2-3H2,1H3. The Labute approximate surface area is 127 Å². The Morgan fingerprint density at radius 2 is 1.81 bits per heavy atom. The maximum atomic E-state index is 10.6. The molecule has 21 heavy (non-hydrogen) atoms. The molecule has 1 N–H and O–H groups in total. The van der Waals surface area contributed by atoms with E-state index in [0.717, 1.165) is 18.8 Å². The lowest BCUT2D eigenvalue weighted by Gasteiger charge is -2.04. The fourth-order valence-electron chi connectivity index (χ4n) is 1.28. The van der Waals surface area contributed by atoms with E-state index in [1.54, 1.807) is 6.92 Å². The molecule has 0 bridgehead atoms. The van der Waals surface area contributed by atoms with Crippen LogP contribution in [0.3, 0.4) is 0 Å². The number of unbranched alkanes of at least 4 members (excludes halogenated alkanes) is 2. The van der Waals surface area contributed by atoms with Crippen LogP contribution in [0.25, 0.3) is 0 Å². The van der Waals surface area contributed by atoms with Crippen LogP contribution in [0.1, 0.15) is 46.5 Å². The number of carbonyl (C=O) groups is 2. The molecule has 0 spiro atoms. The number of esters is 2. The molecule has 0 aliphatic carbocycles. The molecule has 0 heterocycles. The molecule has 0 aliphatic rings. The van der Waals surface area contributed by atoms with E-state index in [2.05, 4.69) is 31.7 Å². The minimum atomic E-state index is -0.757. The minimum Gasteiger partial charge on any atom is -0.502 e. The zero-order valence-corrected chi connectivity index (χ0v) is 13.4. The number of aliphatic hydroxyl groups excluding tert-OH is 1. The molecule has 0 amide bonds. The van der Waals surface area contributed by atoms with Gasteiger partial charge in [0.1, 0.15) is 0 Å². The summed E-state index contributed by atoms with van der Waals surface area (Å²) in [5, 5.41) is 8.28. The van der Waals surface area contributed by atoms with Crippen molar-refractivity contribution < 1.29 is 24.2 Å². The third-order valence-corrected chi connectivity index (χ3v) is 2.35. The smallest absolute Gasteiger partial charge is 0.372 e. The van der Waals surface area contributed by atoms with Gasteiger partial charge in [-0.05, 0) is 25.8 Å². The summed E-state index contributed by atoms with van der Waals surface area (Å²) in [6.45, 7) is 13.2. The normalized spacial score (nSPS) is 9.33. The van der Waals surface area contributed by atoms with Crippen LogP contribution in [-0.2, 0) is 19.1 Å². The molecule has 0 saturated heterocycles. The summed E-state index contributed by atoms with van der Waals surface area (Å²) < 4.78 is 9.16. The largest absolute Gasteiger partial charge is 0.502 e. The van der Waals surface area contributed by atoms with E-state index in [1.807, 2.05) is 0 Å². The quantitative estimate of drug-likeness (QED) is 0.305. The lowest BCUT2D eigenvalue weighted by atomic mass is 10.1. The lowest BCUT2D eigenvalue weighted by molar-refractivity contribution is -0.141. The molecule has 0 unspecified atom stereocenters. The van der Waals surface area contributed by atoms with Crippen LogP contribution in [0, 0.1) is 5.92 Å². The van der Waals surface area contributed by atoms with E-state index >= 15 is 0 Å². The average Bonchev–Trinajstić information content (AvgIpc) is 2.42. The van der Waals surface area contributed by atoms with Crippen molar-refractivity contribution in [1.82, 2.24) is 0 Å². The van der Waals surface area contributed by atoms with Crippen LogP contribution >= 0.6 is 0 Å². The second kappa shape index (κ2) is 14.6. The van der Waals surface area contributed by atoms with Gasteiger partial charge in [-0.15, -0.1) is 0 Å². The van der Waals surface area contributed by atoms with E-state index in [4.69, 9.17) is 9.84 Å². The van der Waals surface area contributed by atoms with Gasteiger partial charge in [-0.25, -0.2) is 9.59 Å². The Morgan fingerprint density at radius 1 is 1.19 bits per heavy atom. The first-order chi connectivity index (χ1) is 9.84. The highest BCUT2D eigenvalue weighted by atomic mass is 16.5. The van der Waals surface area contributed by atoms with Crippen LogP contribution < -0.4 is 0 Å². The van der Waals surface area contributed by atoms with Gasteiger partial charge in [-0.1, -0.05) is 39.7 Å². The van der Waals surface area contributed by atoms with E-state index < -0.39 is 11.7 Å². The number of carbonyl (C=O) groups excluding carboxylic acids is 2. The Balaban J connectivity index is 0. The van der Waals surface area contributed by atoms with Crippen molar-refractivity contribution in [2.24, 2.45) is 5.92 Å². The first-order valence-electron chi connectivity index (χ1n) is 7.19. The fraction of sp³-hybridized carbons (Fsp3) is 0.625. The Kier molecular flexibility index (Phi) is 15.0. The second-order valence-electron chi connectivity index (χ2n) is 4.78. The molecule has 0 fully saturated rings. The fourth-order valence-corrected chi connectivity index (χ4v) is 1.28. The van der Waals surface area contributed by atoms with Crippen LogP contribution in [0.15, 0.2) is 25.0 Å². The second-order valence-corrected chi connectivity index (χ2v) is 4.78. The molecule has 122 valence electrons. The van der Waals surface area contributed by atoms with Crippen molar-refractivity contribution >= 4 is 11.9 Å². The van der Waals surface area contributed by atoms with E-state index in [9.17, 15) is 9.59 Å². The molecule has 0 aromatic rings. The summed E-state index contributed by atoms with van der Waals surface area (Å²) in [5.41, 5.74) is 0. The third-order valence-electron chi connectivity index (χ3n) is 2.35. The van der Waals surface area contributed by atoms with Gasteiger partial charge >= 0.3 is 11.9 Å². The molecule has 5 heteroatoms. The van der Waals surface area contributed by atoms with Gasteiger partial charge < -0.3 is 14.6 Å². The summed E-state index contributed by atoms with van der Waals surface area (Å²) in [6.07, 6.45) is 5.79. The molecule has 0 aromatic carbocycles. The summed E-state index contributed by atoms with van der Waals surface area (Å²) >= 11 is 0. The number of hydrogen-bond acceptors (Lipinski definition) is 5. The monoisotopic (exact) mass is 300 g/mol. The van der Waals surface area contributed by atoms with Gasteiger partial charge in [-0.2, -0.15) is 0 Å². The van der Waals surface area contributed by atoms with Crippen molar-refractivity contribution in [2.75, 3.05) is 13.2 Å². The molecule has 0 aromatic heterocycles.